The van der Waals surface area contributed by atoms with Gasteiger partial charge in [0, 0.05) is 7.11 Å². The molecule has 0 fully saturated rings. The van der Waals surface area contributed by atoms with E-state index in [9.17, 15) is 4.79 Å². The lowest BCUT2D eigenvalue weighted by atomic mass is 10.1. The van der Waals surface area contributed by atoms with E-state index in [1.807, 2.05) is 13.8 Å². The molecule has 0 radical (unpaired) electrons. The standard InChI is InChI=1S/C13H17NO3S/c1-13(2,9-17-3)14-12(16)11-7-6-10(18-11)5-4-8-15/h6-7,15H,8-9H2,1-3H3,(H,14,16). The summed E-state index contributed by atoms with van der Waals surface area (Å²) in [6.07, 6.45) is 0. The van der Waals surface area contributed by atoms with Gasteiger partial charge >= 0.3 is 0 Å². The Labute approximate surface area is 111 Å². The largest absolute Gasteiger partial charge is 0.384 e. The molecule has 1 heterocycles. The van der Waals surface area contributed by atoms with Crippen LogP contribution in [0.25, 0.3) is 0 Å². The van der Waals surface area contributed by atoms with Gasteiger partial charge in [-0.3, -0.25) is 4.79 Å². The summed E-state index contributed by atoms with van der Waals surface area (Å²) >= 11 is 1.30. The molecule has 1 amide bonds. The van der Waals surface area contributed by atoms with Crippen molar-refractivity contribution in [2.75, 3.05) is 20.3 Å². The van der Waals surface area contributed by atoms with Gasteiger partial charge in [0.05, 0.1) is 21.9 Å². The lowest BCUT2D eigenvalue weighted by Crippen LogP contribution is -2.46. The Morgan fingerprint density at radius 3 is 2.89 bits per heavy atom. The van der Waals surface area contributed by atoms with E-state index in [1.54, 1.807) is 19.2 Å². The van der Waals surface area contributed by atoms with Crippen LogP contribution < -0.4 is 5.32 Å². The molecule has 2 N–H and O–H groups in total. The fourth-order valence-corrected chi connectivity index (χ4v) is 2.20. The zero-order valence-corrected chi connectivity index (χ0v) is 11.6. The summed E-state index contributed by atoms with van der Waals surface area (Å²) in [5, 5.41) is 11.5. The van der Waals surface area contributed by atoms with Crippen LogP contribution in [0.3, 0.4) is 0 Å². The number of aliphatic hydroxyl groups is 1. The van der Waals surface area contributed by atoms with E-state index in [4.69, 9.17) is 9.84 Å². The van der Waals surface area contributed by atoms with Crippen LogP contribution in [0.5, 0.6) is 0 Å². The normalized spacial score (nSPS) is 10.7. The van der Waals surface area contributed by atoms with Crippen LogP contribution in [0.15, 0.2) is 12.1 Å². The van der Waals surface area contributed by atoms with E-state index in [2.05, 4.69) is 17.2 Å². The van der Waals surface area contributed by atoms with Gasteiger partial charge in [0.1, 0.15) is 6.61 Å². The second-order valence-corrected chi connectivity index (χ2v) is 5.48. The summed E-state index contributed by atoms with van der Waals surface area (Å²) in [6.45, 7) is 4.06. The first-order chi connectivity index (χ1) is 8.48. The molecular formula is C13H17NO3S. The van der Waals surface area contributed by atoms with Crippen molar-refractivity contribution in [1.29, 1.82) is 0 Å². The number of carbonyl (C=O) groups excluding carboxylic acids is 1. The second-order valence-electron chi connectivity index (χ2n) is 4.39. The molecule has 5 heteroatoms. The molecule has 0 aliphatic carbocycles. The quantitative estimate of drug-likeness (QED) is 0.807. The number of nitrogens with one attached hydrogen (secondary N) is 1. The van der Waals surface area contributed by atoms with Gasteiger partial charge in [-0.15, -0.1) is 11.3 Å². The van der Waals surface area contributed by atoms with Crippen molar-refractivity contribution in [1.82, 2.24) is 5.32 Å². The van der Waals surface area contributed by atoms with Crippen LogP contribution in [0.1, 0.15) is 28.4 Å². The highest BCUT2D eigenvalue weighted by molar-refractivity contribution is 7.14. The molecule has 0 aliphatic rings. The highest BCUT2D eigenvalue weighted by atomic mass is 32.1. The summed E-state index contributed by atoms with van der Waals surface area (Å²) in [5.41, 5.74) is -0.410. The summed E-state index contributed by atoms with van der Waals surface area (Å²) in [7, 11) is 1.60. The third-order valence-electron chi connectivity index (χ3n) is 2.08. The van der Waals surface area contributed by atoms with Crippen molar-refractivity contribution in [3.63, 3.8) is 0 Å². The van der Waals surface area contributed by atoms with Gasteiger partial charge in [-0.05, 0) is 26.0 Å². The van der Waals surface area contributed by atoms with Crippen LogP contribution in [0.4, 0.5) is 0 Å². The molecule has 4 nitrogen and oxygen atoms in total. The average molecular weight is 267 g/mol. The third-order valence-corrected chi connectivity index (χ3v) is 3.08. The maximum Gasteiger partial charge on any atom is 0.261 e. The number of rotatable bonds is 4. The van der Waals surface area contributed by atoms with E-state index in [1.165, 1.54) is 11.3 Å². The van der Waals surface area contributed by atoms with Gasteiger partial charge in [-0.2, -0.15) is 0 Å². The molecule has 0 bridgehead atoms. The van der Waals surface area contributed by atoms with E-state index in [0.29, 0.717) is 11.5 Å². The van der Waals surface area contributed by atoms with Crippen molar-refractivity contribution < 1.29 is 14.6 Å². The fraction of sp³-hybridized carbons (Fsp3) is 0.462. The first kappa shape index (κ1) is 14.7. The molecule has 0 aromatic carbocycles. The maximum atomic E-state index is 12.0. The van der Waals surface area contributed by atoms with Crippen molar-refractivity contribution in [2.45, 2.75) is 19.4 Å². The SMILES string of the molecule is COCC(C)(C)NC(=O)c1ccc(C#CCO)s1. The Morgan fingerprint density at radius 2 is 2.28 bits per heavy atom. The number of hydrogen-bond acceptors (Lipinski definition) is 4. The first-order valence-electron chi connectivity index (χ1n) is 5.49. The zero-order chi connectivity index (χ0) is 13.6. The predicted octanol–water partition coefficient (Wildman–Crippen LogP) is 1.25. The highest BCUT2D eigenvalue weighted by Crippen LogP contribution is 2.16. The average Bonchev–Trinajstić information content (AvgIpc) is 2.74. The molecule has 0 unspecified atom stereocenters. The summed E-state index contributed by atoms with van der Waals surface area (Å²) < 4.78 is 5.04. The molecule has 0 saturated heterocycles. The van der Waals surface area contributed by atoms with Crippen LogP contribution in [0.2, 0.25) is 0 Å². The Bertz CT molecular complexity index is 468. The Morgan fingerprint density at radius 1 is 1.56 bits per heavy atom. The number of aliphatic hydroxyl groups excluding tert-OH is 1. The molecule has 98 valence electrons. The van der Waals surface area contributed by atoms with E-state index in [-0.39, 0.29) is 12.5 Å². The summed E-state index contributed by atoms with van der Waals surface area (Å²) in [6, 6.07) is 3.50. The number of carbonyl (C=O) groups is 1. The molecule has 0 atom stereocenters. The van der Waals surface area contributed by atoms with Gasteiger partial charge in [-0.25, -0.2) is 0 Å². The predicted molar refractivity (Wildman–Crippen MR) is 71.7 cm³/mol. The number of hydrogen-bond donors (Lipinski definition) is 2. The fourth-order valence-electron chi connectivity index (χ4n) is 1.42. The molecule has 0 aliphatic heterocycles. The summed E-state index contributed by atoms with van der Waals surface area (Å²) in [5.74, 6) is 5.18. The topological polar surface area (TPSA) is 58.6 Å². The van der Waals surface area contributed by atoms with Gasteiger partial charge in [0.2, 0.25) is 0 Å². The van der Waals surface area contributed by atoms with E-state index < -0.39 is 5.54 Å². The number of amides is 1. The molecule has 1 aromatic heterocycles. The van der Waals surface area contributed by atoms with E-state index >= 15 is 0 Å². The monoisotopic (exact) mass is 267 g/mol. The first-order valence-corrected chi connectivity index (χ1v) is 6.31. The van der Waals surface area contributed by atoms with Crippen molar-refractivity contribution in [2.24, 2.45) is 0 Å². The Hall–Kier alpha value is -1.35. The minimum atomic E-state index is -0.410. The van der Waals surface area contributed by atoms with Gasteiger partial charge in [0.15, 0.2) is 0 Å². The maximum absolute atomic E-state index is 12.0. The number of methoxy groups -OCH3 is 1. The number of ether oxygens (including phenoxy) is 1. The van der Waals surface area contributed by atoms with Crippen LogP contribution >= 0.6 is 11.3 Å². The van der Waals surface area contributed by atoms with Crippen LogP contribution in [0, 0.1) is 11.8 Å². The van der Waals surface area contributed by atoms with Gasteiger partial charge < -0.3 is 15.2 Å². The molecule has 0 spiro atoms. The minimum Gasteiger partial charge on any atom is -0.384 e. The minimum absolute atomic E-state index is 0.140. The van der Waals surface area contributed by atoms with E-state index in [0.717, 1.165) is 4.88 Å². The van der Waals surface area contributed by atoms with Crippen LogP contribution in [-0.4, -0.2) is 36.9 Å². The number of thiophene rings is 1. The van der Waals surface area contributed by atoms with Crippen molar-refractivity contribution in [3.8, 4) is 11.8 Å². The smallest absolute Gasteiger partial charge is 0.261 e. The summed E-state index contributed by atoms with van der Waals surface area (Å²) in [4.78, 5) is 13.3. The molecular weight excluding hydrogens is 250 g/mol. The van der Waals surface area contributed by atoms with Crippen molar-refractivity contribution in [3.05, 3.63) is 21.9 Å². The lowest BCUT2D eigenvalue weighted by molar-refractivity contribution is 0.0824. The Balaban J connectivity index is 2.70. The van der Waals surface area contributed by atoms with Crippen molar-refractivity contribution >= 4 is 17.2 Å². The van der Waals surface area contributed by atoms with Gasteiger partial charge in [0.25, 0.3) is 5.91 Å². The molecule has 18 heavy (non-hydrogen) atoms. The second kappa shape index (κ2) is 6.55. The zero-order valence-electron chi connectivity index (χ0n) is 10.7. The lowest BCUT2D eigenvalue weighted by Gasteiger charge is -2.24. The Kier molecular flexibility index (Phi) is 5.35. The highest BCUT2D eigenvalue weighted by Gasteiger charge is 2.21. The van der Waals surface area contributed by atoms with Gasteiger partial charge in [-0.1, -0.05) is 11.8 Å². The third kappa shape index (κ3) is 4.49. The van der Waals surface area contributed by atoms with Crippen LogP contribution in [-0.2, 0) is 4.74 Å². The molecule has 1 rings (SSSR count). The molecule has 1 aromatic rings. The molecule has 0 saturated carbocycles.